The summed E-state index contributed by atoms with van der Waals surface area (Å²) in [6.07, 6.45) is 0. The van der Waals surface area contributed by atoms with E-state index in [1.165, 1.54) is 14.2 Å². The molecule has 102 valence electrons. The molecular formula is C15H14N2O3. The van der Waals surface area contributed by atoms with Gasteiger partial charge in [-0.05, 0) is 25.1 Å². The van der Waals surface area contributed by atoms with Gasteiger partial charge in [0.15, 0.2) is 0 Å². The minimum atomic E-state index is -0.421. The summed E-state index contributed by atoms with van der Waals surface area (Å²) in [6.45, 7) is 1.76. The molecule has 0 aliphatic carbocycles. The summed E-state index contributed by atoms with van der Waals surface area (Å²) in [5.41, 5.74) is 1.39. The molecule has 20 heavy (non-hydrogen) atoms. The molecule has 0 aliphatic rings. The van der Waals surface area contributed by atoms with Crippen LogP contribution in [0.3, 0.4) is 0 Å². The molecule has 1 heterocycles. The van der Waals surface area contributed by atoms with Crippen LogP contribution in [0.5, 0.6) is 11.5 Å². The van der Waals surface area contributed by atoms with Crippen molar-refractivity contribution in [3.63, 3.8) is 0 Å². The van der Waals surface area contributed by atoms with Crippen LogP contribution in [0.1, 0.15) is 11.3 Å². The third-order valence-corrected chi connectivity index (χ3v) is 2.98. The van der Waals surface area contributed by atoms with Crippen LogP contribution in [0.15, 0.2) is 29.1 Å². The van der Waals surface area contributed by atoms with E-state index in [2.05, 4.69) is 4.98 Å². The minimum Gasteiger partial charge on any atom is -0.496 e. The molecular weight excluding hydrogens is 256 g/mol. The lowest BCUT2D eigenvalue weighted by Gasteiger charge is -2.14. The Morgan fingerprint density at radius 3 is 2.30 bits per heavy atom. The number of aromatic amines is 1. The Morgan fingerprint density at radius 1 is 1.20 bits per heavy atom. The van der Waals surface area contributed by atoms with Gasteiger partial charge in [0.2, 0.25) is 0 Å². The van der Waals surface area contributed by atoms with Gasteiger partial charge in [-0.25, -0.2) is 0 Å². The Morgan fingerprint density at radius 2 is 1.80 bits per heavy atom. The number of aryl methyl sites for hydroxylation is 1. The quantitative estimate of drug-likeness (QED) is 0.928. The number of methoxy groups -OCH3 is 2. The highest BCUT2D eigenvalue weighted by Gasteiger charge is 2.18. The molecule has 0 unspecified atom stereocenters. The highest BCUT2D eigenvalue weighted by atomic mass is 16.5. The molecule has 1 aromatic carbocycles. The van der Waals surface area contributed by atoms with Crippen LogP contribution < -0.4 is 15.0 Å². The third kappa shape index (κ3) is 2.24. The first-order valence-electron chi connectivity index (χ1n) is 5.97. The van der Waals surface area contributed by atoms with Crippen LogP contribution in [0.2, 0.25) is 0 Å². The summed E-state index contributed by atoms with van der Waals surface area (Å²) in [7, 11) is 3.06. The number of benzene rings is 1. The van der Waals surface area contributed by atoms with Crippen LogP contribution in [-0.2, 0) is 0 Å². The zero-order chi connectivity index (χ0) is 14.7. The number of rotatable bonds is 3. The van der Waals surface area contributed by atoms with E-state index in [1.807, 2.05) is 6.07 Å². The number of aromatic nitrogens is 1. The predicted octanol–water partition coefficient (Wildman–Crippen LogP) is 2.24. The molecule has 2 aromatic rings. The maximum Gasteiger partial charge on any atom is 0.266 e. The van der Waals surface area contributed by atoms with Crippen molar-refractivity contribution < 1.29 is 9.47 Å². The van der Waals surface area contributed by atoms with Crippen LogP contribution in [0.25, 0.3) is 11.1 Å². The lowest BCUT2D eigenvalue weighted by molar-refractivity contribution is 0.397. The third-order valence-electron chi connectivity index (χ3n) is 2.98. The van der Waals surface area contributed by atoms with Crippen LogP contribution in [-0.4, -0.2) is 19.2 Å². The van der Waals surface area contributed by atoms with E-state index < -0.39 is 5.56 Å². The summed E-state index contributed by atoms with van der Waals surface area (Å²) < 4.78 is 10.6. The van der Waals surface area contributed by atoms with Gasteiger partial charge in [-0.2, -0.15) is 5.26 Å². The normalized spacial score (nSPS) is 9.90. The highest BCUT2D eigenvalue weighted by Crippen LogP contribution is 2.39. The van der Waals surface area contributed by atoms with E-state index in [9.17, 15) is 10.1 Å². The van der Waals surface area contributed by atoms with Crippen LogP contribution in [0.4, 0.5) is 0 Å². The molecule has 0 aliphatic heterocycles. The second-order valence-corrected chi connectivity index (χ2v) is 4.22. The van der Waals surface area contributed by atoms with Crippen molar-refractivity contribution in [2.75, 3.05) is 14.2 Å². The maximum atomic E-state index is 11.9. The lowest BCUT2D eigenvalue weighted by Crippen LogP contribution is -2.13. The highest BCUT2D eigenvalue weighted by molar-refractivity contribution is 5.80. The van der Waals surface area contributed by atoms with Gasteiger partial charge in [-0.15, -0.1) is 0 Å². The number of pyridine rings is 1. The number of nitrogens with one attached hydrogen (secondary N) is 1. The van der Waals surface area contributed by atoms with E-state index in [0.29, 0.717) is 28.3 Å². The van der Waals surface area contributed by atoms with Gasteiger partial charge in [0.25, 0.3) is 5.56 Å². The first kappa shape index (κ1) is 13.7. The second kappa shape index (κ2) is 5.49. The van der Waals surface area contributed by atoms with Crippen molar-refractivity contribution >= 4 is 0 Å². The first-order chi connectivity index (χ1) is 9.62. The molecule has 0 fully saturated rings. The number of hydrogen-bond donors (Lipinski definition) is 1. The average Bonchev–Trinajstić information content (AvgIpc) is 2.45. The van der Waals surface area contributed by atoms with Crippen molar-refractivity contribution in [3.05, 3.63) is 45.9 Å². The van der Waals surface area contributed by atoms with Crippen LogP contribution in [0, 0.1) is 18.3 Å². The largest absolute Gasteiger partial charge is 0.496 e. The Labute approximate surface area is 116 Å². The molecule has 1 aromatic heterocycles. The number of nitrogens with zero attached hydrogens (tertiary/aromatic N) is 1. The van der Waals surface area contributed by atoms with Gasteiger partial charge in [0, 0.05) is 11.3 Å². The zero-order valence-corrected chi connectivity index (χ0v) is 11.5. The van der Waals surface area contributed by atoms with E-state index >= 15 is 0 Å². The van der Waals surface area contributed by atoms with Gasteiger partial charge in [-0.3, -0.25) is 4.79 Å². The van der Waals surface area contributed by atoms with Gasteiger partial charge in [-0.1, -0.05) is 6.07 Å². The first-order valence-corrected chi connectivity index (χ1v) is 5.97. The van der Waals surface area contributed by atoms with E-state index in [-0.39, 0.29) is 5.56 Å². The summed E-state index contributed by atoms with van der Waals surface area (Å²) in [5.74, 6) is 1.09. The monoisotopic (exact) mass is 270 g/mol. The van der Waals surface area contributed by atoms with Crippen molar-refractivity contribution in [2.24, 2.45) is 0 Å². The standard InChI is InChI=1S/C15H14N2O3/c1-9-7-10(11(8-16)15(18)17-9)14-12(19-2)5-4-6-13(14)20-3/h4-7H,1-3H3,(H,17,18). The number of H-pyrrole nitrogens is 1. The van der Waals surface area contributed by atoms with Crippen molar-refractivity contribution in [1.29, 1.82) is 5.26 Å². The summed E-state index contributed by atoms with van der Waals surface area (Å²) in [5, 5.41) is 9.23. The molecule has 0 amide bonds. The summed E-state index contributed by atoms with van der Waals surface area (Å²) >= 11 is 0. The number of hydrogen-bond acceptors (Lipinski definition) is 4. The molecule has 5 nitrogen and oxygen atoms in total. The van der Waals surface area contributed by atoms with Gasteiger partial charge in [0.05, 0.1) is 19.8 Å². The fraction of sp³-hybridized carbons (Fsp3) is 0.200. The van der Waals surface area contributed by atoms with Crippen molar-refractivity contribution in [2.45, 2.75) is 6.92 Å². The summed E-state index contributed by atoms with van der Waals surface area (Å²) in [4.78, 5) is 14.5. The minimum absolute atomic E-state index is 0.0402. The Bertz CT molecular complexity index is 720. The molecule has 0 radical (unpaired) electrons. The Balaban J connectivity index is 2.88. The molecule has 0 atom stereocenters. The van der Waals surface area contributed by atoms with Crippen molar-refractivity contribution in [3.8, 4) is 28.7 Å². The van der Waals surface area contributed by atoms with Gasteiger partial charge in [0.1, 0.15) is 23.1 Å². The second-order valence-electron chi connectivity index (χ2n) is 4.22. The maximum absolute atomic E-state index is 11.9. The molecule has 2 rings (SSSR count). The van der Waals surface area contributed by atoms with Gasteiger partial charge >= 0.3 is 0 Å². The molecule has 0 spiro atoms. The van der Waals surface area contributed by atoms with Gasteiger partial charge < -0.3 is 14.5 Å². The number of ether oxygens (including phenoxy) is 2. The molecule has 0 saturated carbocycles. The van der Waals surface area contributed by atoms with E-state index in [1.54, 1.807) is 31.2 Å². The average molecular weight is 270 g/mol. The Hall–Kier alpha value is -2.74. The smallest absolute Gasteiger partial charge is 0.266 e. The van der Waals surface area contributed by atoms with Crippen molar-refractivity contribution in [1.82, 2.24) is 4.98 Å². The molecule has 1 N–H and O–H groups in total. The van der Waals surface area contributed by atoms with Crippen LogP contribution >= 0.6 is 0 Å². The fourth-order valence-corrected chi connectivity index (χ4v) is 2.11. The van der Waals surface area contributed by atoms with E-state index in [0.717, 1.165) is 0 Å². The zero-order valence-electron chi connectivity index (χ0n) is 11.5. The topological polar surface area (TPSA) is 75.1 Å². The lowest BCUT2D eigenvalue weighted by atomic mass is 9.99. The SMILES string of the molecule is COc1cccc(OC)c1-c1cc(C)[nH]c(=O)c1C#N. The molecule has 5 heteroatoms. The molecule has 0 saturated heterocycles. The van der Waals surface area contributed by atoms with E-state index in [4.69, 9.17) is 9.47 Å². The molecule has 0 bridgehead atoms. The summed E-state index contributed by atoms with van der Waals surface area (Å²) in [6, 6.07) is 8.98. The fourth-order valence-electron chi connectivity index (χ4n) is 2.11. The number of nitriles is 1. The predicted molar refractivity (Wildman–Crippen MR) is 75.1 cm³/mol. The Kier molecular flexibility index (Phi) is 3.76.